The number of nitrogens with one attached hydrogen (secondary N) is 1. The van der Waals surface area contributed by atoms with E-state index in [2.05, 4.69) is 15.4 Å². The Bertz CT molecular complexity index is 915. The van der Waals surface area contributed by atoms with Gasteiger partial charge in [0.25, 0.3) is 5.91 Å². The quantitative estimate of drug-likeness (QED) is 0.715. The lowest BCUT2D eigenvalue weighted by Gasteiger charge is -2.36. The van der Waals surface area contributed by atoms with Crippen LogP contribution in [0.4, 0.5) is 0 Å². The number of amides is 1. The molecule has 1 aliphatic rings. The second kappa shape index (κ2) is 8.49. The topological polar surface area (TPSA) is 95.3 Å². The van der Waals surface area contributed by atoms with Gasteiger partial charge < -0.3 is 14.8 Å². The summed E-state index contributed by atoms with van der Waals surface area (Å²) in [4.78, 5) is 30.7. The van der Waals surface area contributed by atoms with Crippen LogP contribution < -0.4 is 5.32 Å². The average molecular weight is 402 g/mol. The van der Waals surface area contributed by atoms with Crippen LogP contribution in [0.1, 0.15) is 61.3 Å². The lowest BCUT2D eigenvalue weighted by atomic mass is 9.91. The number of carbonyl (C=O) groups excluding carboxylic acids is 2. The Labute approximate surface area is 171 Å². The summed E-state index contributed by atoms with van der Waals surface area (Å²) < 4.78 is 13.0. The van der Waals surface area contributed by atoms with Crippen molar-refractivity contribution in [3.63, 3.8) is 0 Å². The fourth-order valence-corrected chi connectivity index (χ4v) is 4.37. The molecule has 1 aliphatic carbocycles. The van der Waals surface area contributed by atoms with E-state index in [1.807, 2.05) is 20.8 Å². The van der Waals surface area contributed by atoms with Crippen LogP contribution in [0.5, 0.6) is 0 Å². The third kappa shape index (κ3) is 3.99. The van der Waals surface area contributed by atoms with E-state index in [-0.39, 0.29) is 12.5 Å². The van der Waals surface area contributed by atoms with Crippen molar-refractivity contribution in [1.82, 2.24) is 20.1 Å². The van der Waals surface area contributed by atoms with E-state index in [4.69, 9.17) is 9.47 Å². The summed E-state index contributed by atoms with van der Waals surface area (Å²) in [5, 5.41) is 8.02. The van der Waals surface area contributed by atoms with Gasteiger partial charge in [-0.15, -0.1) is 0 Å². The molecule has 0 aromatic carbocycles. The van der Waals surface area contributed by atoms with Crippen LogP contribution in [0.25, 0.3) is 11.0 Å². The van der Waals surface area contributed by atoms with Gasteiger partial charge >= 0.3 is 5.97 Å². The molecular weight excluding hydrogens is 372 g/mol. The number of ether oxygens (including phenoxy) is 2. The first kappa shape index (κ1) is 21.2. The Morgan fingerprint density at radius 3 is 2.55 bits per heavy atom. The maximum absolute atomic E-state index is 13.4. The molecule has 3 rings (SSSR count). The highest BCUT2D eigenvalue weighted by Crippen LogP contribution is 2.37. The van der Waals surface area contributed by atoms with Crippen LogP contribution in [0, 0.1) is 13.8 Å². The summed E-state index contributed by atoms with van der Waals surface area (Å²) in [6.07, 6.45) is 3.32. The van der Waals surface area contributed by atoms with Crippen LogP contribution >= 0.6 is 0 Å². The van der Waals surface area contributed by atoms with Gasteiger partial charge in [-0.05, 0) is 46.6 Å². The van der Waals surface area contributed by atoms with Gasteiger partial charge in [-0.3, -0.25) is 9.48 Å². The van der Waals surface area contributed by atoms with Gasteiger partial charge in [-0.25, -0.2) is 9.78 Å². The lowest BCUT2D eigenvalue weighted by Crippen LogP contribution is -2.57. The van der Waals surface area contributed by atoms with E-state index < -0.39 is 17.6 Å². The van der Waals surface area contributed by atoms with Gasteiger partial charge in [0.15, 0.2) is 11.7 Å². The van der Waals surface area contributed by atoms with Crippen LogP contribution in [-0.4, -0.2) is 51.5 Å². The number of rotatable bonds is 7. The maximum atomic E-state index is 13.4. The Balaban J connectivity index is 2.01. The molecule has 158 valence electrons. The minimum absolute atomic E-state index is 0.244. The average Bonchev–Trinajstić information content (AvgIpc) is 3.25. The van der Waals surface area contributed by atoms with Gasteiger partial charge in [0.2, 0.25) is 0 Å². The van der Waals surface area contributed by atoms with Crippen molar-refractivity contribution in [2.24, 2.45) is 7.05 Å². The highest BCUT2D eigenvalue weighted by atomic mass is 16.5. The van der Waals surface area contributed by atoms with Gasteiger partial charge in [-0.2, -0.15) is 5.10 Å². The zero-order valence-corrected chi connectivity index (χ0v) is 17.9. The van der Waals surface area contributed by atoms with Crippen molar-refractivity contribution < 1.29 is 19.1 Å². The number of carbonyl (C=O) groups is 2. The molecule has 0 radical (unpaired) electrons. The number of pyridine rings is 1. The van der Waals surface area contributed by atoms with Crippen LogP contribution in [0.15, 0.2) is 6.07 Å². The predicted octanol–water partition coefficient (Wildman–Crippen LogP) is 2.60. The van der Waals surface area contributed by atoms with Crippen LogP contribution in [0.2, 0.25) is 0 Å². The molecule has 0 bridgehead atoms. The number of fused-ring (bicyclic) bond motifs is 1. The molecule has 8 nitrogen and oxygen atoms in total. The summed E-state index contributed by atoms with van der Waals surface area (Å²) in [7, 11) is 1.80. The van der Waals surface area contributed by atoms with Crippen molar-refractivity contribution in [2.75, 3.05) is 13.2 Å². The Kier molecular flexibility index (Phi) is 6.21. The molecule has 1 atom stereocenters. The molecule has 0 spiro atoms. The highest BCUT2D eigenvalue weighted by molar-refractivity contribution is 6.07. The van der Waals surface area contributed by atoms with Crippen LogP contribution in [-0.2, 0) is 21.3 Å². The molecule has 1 N–H and O–H groups in total. The highest BCUT2D eigenvalue weighted by Gasteiger charge is 2.48. The normalized spacial score (nSPS) is 16.7. The first-order valence-corrected chi connectivity index (χ1v) is 10.3. The van der Waals surface area contributed by atoms with Crippen molar-refractivity contribution in [3.05, 3.63) is 23.0 Å². The Hall–Kier alpha value is -2.48. The molecule has 1 saturated carbocycles. The van der Waals surface area contributed by atoms with E-state index in [1.165, 1.54) is 0 Å². The van der Waals surface area contributed by atoms with Gasteiger partial charge in [0.05, 0.1) is 28.9 Å². The van der Waals surface area contributed by atoms with Crippen molar-refractivity contribution >= 4 is 22.9 Å². The number of aryl methyl sites for hydroxylation is 3. The molecule has 1 amide bonds. The Morgan fingerprint density at radius 2 is 1.93 bits per heavy atom. The number of hydrogen-bond acceptors (Lipinski definition) is 6. The molecule has 0 aliphatic heterocycles. The molecule has 0 unspecified atom stereocenters. The molecule has 2 heterocycles. The second-order valence-corrected chi connectivity index (χ2v) is 7.58. The van der Waals surface area contributed by atoms with E-state index in [1.54, 1.807) is 24.7 Å². The minimum atomic E-state index is -0.863. The molecule has 8 heteroatoms. The standard InChI is InChI=1S/C21H30N4O4/c1-6-28-20(27)17(21(29-7-2)10-8-9-11-21)23-19(26)15-12-13(3)22-18-16(15)14(4)24-25(18)5/h12,17H,6-11H2,1-5H3,(H,23,26)/t17-/m0/s1. The predicted molar refractivity (Wildman–Crippen MR) is 109 cm³/mol. The second-order valence-electron chi connectivity index (χ2n) is 7.58. The zero-order valence-electron chi connectivity index (χ0n) is 17.9. The van der Waals surface area contributed by atoms with Crippen molar-refractivity contribution in [2.45, 2.75) is 65.0 Å². The Morgan fingerprint density at radius 1 is 1.24 bits per heavy atom. The molecule has 29 heavy (non-hydrogen) atoms. The summed E-state index contributed by atoms with van der Waals surface area (Å²) in [5.74, 6) is -0.804. The van der Waals surface area contributed by atoms with Gasteiger partial charge in [-0.1, -0.05) is 12.8 Å². The smallest absolute Gasteiger partial charge is 0.331 e. The number of hydrogen-bond donors (Lipinski definition) is 1. The first-order valence-electron chi connectivity index (χ1n) is 10.3. The SMILES string of the molecule is CCOC(=O)[C@H](NC(=O)c1cc(C)nc2c1c(C)nn2C)C1(OCC)CCCC1. The number of esters is 1. The summed E-state index contributed by atoms with van der Waals surface area (Å²) >= 11 is 0. The monoisotopic (exact) mass is 402 g/mol. The summed E-state index contributed by atoms with van der Waals surface area (Å²) in [5.41, 5.74) is 1.78. The maximum Gasteiger partial charge on any atom is 0.331 e. The zero-order chi connectivity index (χ0) is 21.2. The van der Waals surface area contributed by atoms with E-state index in [0.717, 1.165) is 12.8 Å². The van der Waals surface area contributed by atoms with Gasteiger partial charge in [0, 0.05) is 19.3 Å². The van der Waals surface area contributed by atoms with Gasteiger partial charge in [0.1, 0.15) is 0 Å². The molecule has 2 aromatic heterocycles. The minimum Gasteiger partial charge on any atom is -0.464 e. The van der Waals surface area contributed by atoms with E-state index in [9.17, 15) is 9.59 Å². The first-order chi connectivity index (χ1) is 13.8. The summed E-state index contributed by atoms with van der Waals surface area (Å²) in [6, 6.07) is 0.870. The molecular formula is C21H30N4O4. The molecule has 2 aromatic rings. The summed E-state index contributed by atoms with van der Waals surface area (Å²) in [6.45, 7) is 8.05. The third-order valence-corrected chi connectivity index (χ3v) is 5.55. The fraction of sp³-hybridized carbons (Fsp3) is 0.619. The van der Waals surface area contributed by atoms with E-state index in [0.29, 0.717) is 47.4 Å². The lowest BCUT2D eigenvalue weighted by molar-refractivity contribution is -0.156. The fourth-order valence-electron chi connectivity index (χ4n) is 4.37. The van der Waals surface area contributed by atoms with E-state index >= 15 is 0 Å². The molecule has 1 fully saturated rings. The van der Waals surface area contributed by atoms with Crippen LogP contribution in [0.3, 0.4) is 0 Å². The third-order valence-electron chi connectivity index (χ3n) is 5.55. The molecule has 0 saturated heterocycles. The largest absolute Gasteiger partial charge is 0.464 e. The number of aromatic nitrogens is 3. The van der Waals surface area contributed by atoms with Crippen molar-refractivity contribution in [3.8, 4) is 0 Å². The van der Waals surface area contributed by atoms with Crippen molar-refractivity contribution in [1.29, 1.82) is 0 Å². The number of nitrogens with zero attached hydrogens (tertiary/aromatic N) is 3.